The number of carbonyl (C=O) groups excluding carboxylic acids is 1. The van der Waals surface area contributed by atoms with Gasteiger partial charge in [-0.15, -0.1) is 0 Å². The predicted octanol–water partition coefficient (Wildman–Crippen LogP) is 3.70. The molecule has 1 aromatic carbocycles. The Kier molecular flexibility index (Phi) is 8.58. The Morgan fingerprint density at radius 3 is 2.41 bits per heavy atom. The molecule has 0 radical (unpaired) electrons. The number of piperidine rings is 1. The van der Waals surface area contributed by atoms with Gasteiger partial charge in [-0.25, -0.2) is 0 Å². The Morgan fingerprint density at radius 2 is 1.85 bits per heavy atom. The fourth-order valence-corrected chi connectivity index (χ4v) is 3.88. The molecule has 1 heterocycles. The van der Waals surface area contributed by atoms with Crippen molar-refractivity contribution >= 4 is 5.97 Å². The van der Waals surface area contributed by atoms with Gasteiger partial charge in [0.05, 0.1) is 19.1 Å². The van der Waals surface area contributed by atoms with E-state index in [-0.39, 0.29) is 11.4 Å². The molecule has 1 atom stereocenters. The topological polar surface area (TPSA) is 48.0 Å². The molecule has 1 aromatic rings. The Morgan fingerprint density at radius 1 is 1.19 bits per heavy atom. The normalized spacial score (nSPS) is 18.1. The van der Waals surface area contributed by atoms with Crippen molar-refractivity contribution < 1.29 is 19.0 Å². The van der Waals surface area contributed by atoms with Crippen LogP contribution < -0.4 is 4.74 Å². The first-order valence-corrected chi connectivity index (χ1v) is 10.1. The zero-order valence-corrected chi connectivity index (χ0v) is 17.3. The fraction of sp³-hybridized carbons (Fsp3) is 0.682. The van der Waals surface area contributed by atoms with Gasteiger partial charge in [0.25, 0.3) is 0 Å². The Labute approximate surface area is 164 Å². The third-order valence-corrected chi connectivity index (χ3v) is 5.88. The minimum atomic E-state index is -0.377. The third kappa shape index (κ3) is 5.94. The molecule has 27 heavy (non-hydrogen) atoms. The van der Waals surface area contributed by atoms with E-state index in [1.807, 2.05) is 19.1 Å². The van der Waals surface area contributed by atoms with Gasteiger partial charge in [0.15, 0.2) is 0 Å². The number of rotatable bonds is 10. The van der Waals surface area contributed by atoms with E-state index in [1.165, 1.54) is 5.56 Å². The molecule has 5 nitrogen and oxygen atoms in total. The highest BCUT2D eigenvalue weighted by atomic mass is 16.5. The van der Waals surface area contributed by atoms with Gasteiger partial charge < -0.3 is 19.1 Å². The van der Waals surface area contributed by atoms with Gasteiger partial charge in [-0.2, -0.15) is 0 Å². The first-order chi connectivity index (χ1) is 13.0. The molecule has 0 bridgehead atoms. The highest BCUT2D eigenvalue weighted by Crippen LogP contribution is 2.37. The van der Waals surface area contributed by atoms with Gasteiger partial charge >= 0.3 is 5.97 Å². The highest BCUT2D eigenvalue weighted by molar-refractivity contribution is 5.77. The molecule has 0 amide bonds. The van der Waals surface area contributed by atoms with Crippen molar-refractivity contribution in [1.29, 1.82) is 0 Å². The minimum absolute atomic E-state index is 0.0485. The molecule has 0 aliphatic carbocycles. The second kappa shape index (κ2) is 10.7. The number of benzene rings is 1. The molecular formula is C22H35NO4. The maximum Gasteiger partial charge on any atom is 0.312 e. The number of hydrogen-bond acceptors (Lipinski definition) is 5. The zero-order valence-electron chi connectivity index (χ0n) is 17.3. The summed E-state index contributed by atoms with van der Waals surface area (Å²) >= 11 is 0. The SMILES string of the molecule is CCOC(=O)C1(CCOC)CCN([C@@H](C)CCc2ccc(OC)cc2)CC1. The van der Waals surface area contributed by atoms with Crippen LogP contribution in [0.3, 0.4) is 0 Å². The van der Waals surface area contributed by atoms with Crippen molar-refractivity contribution in [2.45, 2.75) is 52.0 Å². The molecule has 1 fully saturated rings. The van der Waals surface area contributed by atoms with Crippen molar-refractivity contribution in [3.05, 3.63) is 29.8 Å². The molecule has 5 heteroatoms. The van der Waals surface area contributed by atoms with Crippen LogP contribution in [0.2, 0.25) is 0 Å². The number of aryl methyl sites for hydroxylation is 1. The molecule has 0 N–H and O–H groups in total. The monoisotopic (exact) mass is 377 g/mol. The summed E-state index contributed by atoms with van der Waals surface area (Å²) in [6, 6.07) is 8.81. The summed E-state index contributed by atoms with van der Waals surface area (Å²) in [5.74, 6) is 0.849. The molecule has 1 aliphatic rings. The van der Waals surface area contributed by atoms with Crippen LogP contribution >= 0.6 is 0 Å². The van der Waals surface area contributed by atoms with Crippen molar-refractivity contribution in [2.75, 3.05) is 40.5 Å². The van der Waals surface area contributed by atoms with Crippen LogP contribution in [0.5, 0.6) is 5.75 Å². The van der Waals surface area contributed by atoms with E-state index >= 15 is 0 Å². The fourth-order valence-electron chi connectivity index (χ4n) is 3.88. The molecule has 0 aromatic heterocycles. The Balaban J connectivity index is 1.86. The molecule has 0 unspecified atom stereocenters. The average Bonchev–Trinajstić information content (AvgIpc) is 2.71. The lowest BCUT2D eigenvalue weighted by Gasteiger charge is -2.42. The van der Waals surface area contributed by atoms with Crippen LogP contribution in [0.25, 0.3) is 0 Å². The molecule has 152 valence electrons. The second-order valence-corrected chi connectivity index (χ2v) is 7.52. The molecule has 1 saturated heterocycles. The van der Waals surface area contributed by atoms with Crippen LogP contribution in [0.1, 0.15) is 45.1 Å². The van der Waals surface area contributed by atoms with E-state index < -0.39 is 0 Å². The molecule has 0 spiro atoms. The summed E-state index contributed by atoms with van der Waals surface area (Å²) in [4.78, 5) is 15.1. The van der Waals surface area contributed by atoms with Crippen LogP contribution in [-0.2, 0) is 20.7 Å². The summed E-state index contributed by atoms with van der Waals surface area (Å²) in [6.07, 6.45) is 4.60. The van der Waals surface area contributed by atoms with Gasteiger partial charge in [-0.1, -0.05) is 12.1 Å². The van der Waals surface area contributed by atoms with Gasteiger partial charge in [-0.05, 0) is 76.7 Å². The van der Waals surface area contributed by atoms with Crippen molar-refractivity contribution in [3.63, 3.8) is 0 Å². The predicted molar refractivity (Wildman–Crippen MR) is 107 cm³/mol. The van der Waals surface area contributed by atoms with Gasteiger partial charge in [0.2, 0.25) is 0 Å². The van der Waals surface area contributed by atoms with Crippen LogP contribution in [-0.4, -0.2) is 57.4 Å². The van der Waals surface area contributed by atoms with Crippen molar-refractivity contribution in [1.82, 2.24) is 4.90 Å². The molecular weight excluding hydrogens is 342 g/mol. The summed E-state index contributed by atoms with van der Waals surface area (Å²) in [5.41, 5.74) is 0.957. The third-order valence-electron chi connectivity index (χ3n) is 5.88. The van der Waals surface area contributed by atoms with Gasteiger partial charge in [0.1, 0.15) is 5.75 Å². The number of methoxy groups -OCH3 is 2. The van der Waals surface area contributed by atoms with E-state index in [0.29, 0.717) is 19.3 Å². The van der Waals surface area contributed by atoms with E-state index in [1.54, 1.807) is 14.2 Å². The lowest BCUT2D eigenvalue weighted by Crippen LogP contribution is -2.48. The smallest absolute Gasteiger partial charge is 0.312 e. The summed E-state index contributed by atoms with van der Waals surface area (Å²) in [7, 11) is 3.38. The summed E-state index contributed by atoms with van der Waals surface area (Å²) < 4.78 is 15.8. The van der Waals surface area contributed by atoms with E-state index in [9.17, 15) is 4.79 Å². The maximum absolute atomic E-state index is 12.6. The lowest BCUT2D eigenvalue weighted by molar-refractivity contribution is -0.160. The highest BCUT2D eigenvalue weighted by Gasteiger charge is 2.42. The first kappa shape index (κ1) is 21.7. The lowest BCUT2D eigenvalue weighted by atomic mass is 9.75. The zero-order chi connectivity index (χ0) is 19.7. The summed E-state index contributed by atoms with van der Waals surface area (Å²) in [6.45, 7) is 7.08. The number of carbonyl (C=O) groups is 1. The number of nitrogens with zero attached hydrogens (tertiary/aromatic N) is 1. The minimum Gasteiger partial charge on any atom is -0.497 e. The Hall–Kier alpha value is -1.59. The number of ether oxygens (including phenoxy) is 3. The average molecular weight is 378 g/mol. The van der Waals surface area contributed by atoms with Gasteiger partial charge in [-0.3, -0.25) is 4.79 Å². The number of hydrogen-bond donors (Lipinski definition) is 0. The largest absolute Gasteiger partial charge is 0.497 e. The van der Waals surface area contributed by atoms with E-state index in [2.05, 4.69) is 24.0 Å². The Bertz CT molecular complexity index is 564. The maximum atomic E-state index is 12.6. The first-order valence-electron chi connectivity index (χ1n) is 10.1. The van der Waals surface area contributed by atoms with E-state index in [0.717, 1.165) is 50.9 Å². The summed E-state index contributed by atoms with van der Waals surface area (Å²) in [5, 5.41) is 0. The van der Waals surface area contributed by atoms with Crippen LogP contribution in [0, 0.1) is 5.41 Å². The number of likely N-dealkylation sites (tertiary alicyclic amines) is 1. The quantitative estimate of drug-likeness (QED) is 0.582. The van der Waals surface area contributed by atoms with E-state index in [4.69, 9.17) is 14.2 Å². The molecule has 0 saturated carbocycles. The van der Waals surface area contributed by atoms with Crippen LogP contribution in [0.15, 0.2) is 24.3 Å². The number of esters is 1. The van der Waals surface area contributed by atoms with Gasteiger partial charge in [0, 0.05) is 19.8 Å². The molecule has 2 rings (SSSR count). The second-order valence-electron chi connectivity index (χ2n) is 7.52. The molecule has 1 aliphatic heterocycles. The van der Waals surface area contributed by atoms with Crippen molar-refractivity contribution in [2.24, 2.45) is 5.41 Å². The standard InChI is InChI=1S/C22H35NO4/c1-5-27-21(24)22(14-17-25-3)12-15-23(16-13-22)18(2)6-7-19-8-10-20(26-4)11-9-19/h8-11,18H,5-7,12-17H2,1-4H3/t18-/m0/s1. The van der Waals surface area contributed by atoms with Crippen LogP contribution in [0.4, 0.5) is 0 Å². The van der Waals surface area contributed by atoms with Crippen molar-refractivity contribution in [3.8, 4) is 5.75 Å².